The van der Waals surface area contributed by atoms with E-state index in [4.69, 9.17) is 4.74 Å². The minimum absolute atomic E-state index is 0.243. The van der Waals surface area contributed by atoms with Gasteiger partial charge in [0.1, 0.15) is 0 Å². The number of rotatable bonds is 5. The van der Waals surface area contributed by atoms with E-state index in [-0.39, 0.29) is 5.91 Å². The molecule has 1 saturated heterocycles. The van der Waals surface area contributed by atoms with Crippen LogP contribution in [0.2, 0.25) is 0 Å². The molecular formula is C15H28N2O2. The molecule has 1 saturated carbocycles. The molecule has 1 amide bonds. The highest BCUT2D eigenvalue weighted by Gasteiger charge is 2.19. The summed E-state index contributed by atoms with van der Waals surface area (Å²) in [4.78, 5) is 14.3. The molecule has 0 aromatic heterocycles. The Kier molecular flexibility index (Phi) is 6.11. The fourth-order valence-corrected chi connectivity index (χ4v) is 3.13. The molecule has 4 heteroatoms. The fraction of sp³-hybridized carbons (Fsp3) is 0.933. The lowest BCUT2D eigenvalue weighted by Gasteiger charge is -2.32. The third-order valence-electron chi connectivity index (χ3n) is 4.46. The maximum atomic E-state index is 11.9. The van der Waals surface area contributed by atoms with Crippen LogP contribution in [0.5, 0.6) is 0 Å². The molecule has 19 heavy (non-hydrogen) atoms. The normalized spacial score (nSPS) is 24.1. The van der Waals surface area contributed by atoms with E-state index in [0.717, 1.165) is 39.3 Å². The molecule has 2 aliphatic rings. The monoisotopic (exact) mass is 268 g/mol. The molecule has 1 aliphatic heterocycles. The zero-order valence-corrected chi connectivity index (χ0v) is 12.2. The SMILES string of the molecule is CC(CNC(=O)CC1CCCCC1)N1CCOCC1. The van der Waals surface area contributed by atoms with Crippen molar-refractivity contribution < 1.29 is 9.53 Å². The zero-order valence-electron chi connectivity index (χ0n) is 12.2. The standard InChI is InChI=1S/C15H28N2O2/c1-13(17-7-9-19-10-8-17)12-16-15(18)11-14-5-3-2-4-6-14/h13-14H,2-12H2,1H3,(H,16,18). The van der Waals surface area contributed by atoms with Crippen LogP contribution in [0, 0.1) is 5.92 Å². The van der Waals surface area contributed by atoms with Gasteiger partial charge in [0, 0.05) is 32.1 Å². The molecule has 0 aromatic carbocycles. The van der Waals surface area contributed by atoms with E-state index in [0.29, 0.717) is 12.0 Å². The van der Waals surface area contributed by atoms with Crippen LogP contribution in [-0.4, -0.2) is 49.7 Å². The first-order valence-electron chi connectivity index (χ1n) is 7.84. The molecule has 0 bridgehead atoms. The number of ether oxygens (including phenoxy) is 1. The van der Waals surface area contributed by atoms with Gasteiger partial charge in [-0.2, -0.15) is 0 Å². The van der Waals surface area contributed by atoms with Crippen LogP contribution >= 0.6 is 0 Å². The largest absolute Gasteiger partial charge is 0.379 e. The summed E-state index contributed by atoms with van der Waals surface area (Å²) in [7, 11) is 0. The third kappa shape index (κ3) is 5.11. The molecule has 4 nitrogen and oxygen atoms in total. The number of nitrogens with zero attached hydrogens (tertiary/aromatic N) is 1. The van der Waals surface area contributed by atoms with Crippen molar-refractivity contribution in [1.82, 2.24) is 10.2 Å². The molecule has 1 unspecified atom stereocenters. The van der Waals surface area contributed by atoms with Crippen molar-refractivity contribution >= 4 is 5.91 Å². The molecular weight excluding hydrogens is 240 g/mol. The summed E-state index contributed by atoms with van der Waals surface area (Å²) < 4.78 is 5.35. The van der Waals surface area contributed by atoms with E-state index >= 15 is 0 Å². The summed E-state index contributed by atoms with van der Waals surface area (Å²) in [6.07, 6.45) is 7.19. The molecule has 1 atom stereocenters. The van der Waals surface area contributed by atoms with Gasteiger partial charge in [-0.3, -0.25) is 9.69 Å². The average molecular weight is 268 g/mol. The predicted molar refractivity (Wildman–Crippen MR) is 76.1 cm³/mol. The Morgan fingerprint density at radius 1 is 1.26 bits per heavy atom. The molecule has 1 aliphatic carbocycles. The Morgan fingerprint density at radius 2 is 1.95 bits per heavy atom. The summed E-state index contributed by atoms with van der Waals surface area (Å²) in [6.45, 7) is 6.57. The van der Waals surface area contributed by atoms with Crippen molar-refractivity contribution in [2.75, 3.05) is 32.8 Å². The zero-order chi connectivity index (χ0) is 13.5. The van der Waals surface area contributed by atoms with Gasteiger partial charge in [-0.1, -0.05) is 19.3 Å². The molecule has 110 valence electrons. The smallest absolute Gasteiger partial charge is 0.220 e. The van der Waals surface area contributed by atoms with E-state index in [1.54, 1.807) is 0 Å². The summed E-state index contributed by atoms with van der Waals surface area (Å²) in [6, 6.07) is 0.416. The van der Waals surface area contributed by atoms with Crippen molar-refractivity contribution in [2.45, 2.75) is 51.5 Å². The molecule has 0 radical (unpaired) electrons. The van der Waals surface area contributed by atoms with E-state index in [2.05, 4.69) is 17.1 Å². The number of morpholine rings is 1. The van der Waals surface area contributed by atoms with Crippen molar-refractivity contribution in [3.05, 3.63) is 0 Å². The second-order valence-electron chi connectivity index (χ2n) is 6.01. The molecule has 2 rings (SSSR count). The topological polar surface area (TPSA) is 41.6 Å². The number of hydrogen-bond acceptors (Lipinski definition) is 3. The van der Waals surface area contributed by atoms with Gasteiger partial charge in [-0.25, -0.2) is 0 Å². The highest BCUT2D eigenvalue weighted by atomic mass is 16.5. The van der Waals surface area contributed by atoms with E-state index in [1.165, 1.54) is 32.1 Å². The lowest BCUT2D eigenvalue weighted by atomic mass is 9.87. The van der Waals surface area contributed by atoms with Gasteiger partial charge in [0.05, 0.1) is 13.2 Å². The number of carbonyl (C=O) groups is 1. The van der Waals surface area contributed by atoms with Gasteiger partial charge >= 0.3 is 0 Å². The van der Waals surface area contributed by atoms with Crippen LogP contribution in [0.25, 0.3) is 0 Å². The van der Waals surface area contributed by atoms with Gasteiger partial charge in [-0.05, 0) is 25.7 Å². The Morgan fingerprint density at radius 3 is 2.63 bits per heavy atom. The first kappa shape index (κ1) is 14.8. The fourth-order valence-electron chi connectivity index (χ4n) is 3.13. The second kappa shape index (κ2) is 7.85. The lowest BCUT2D eigenvalue weighted by Crippen LogP contribution is -2.47. The number of hydrogen-bond donors (Lipinski definition) is 1. The highest BCUT2D eigenvalue weighted by Crippen LogP contribution is 2.25. The average Bonchev–Trinajstić information content (AvgIpc) is 2.47. The van der Waals surface area contributed by atoms with E-state index in [1.807, 2.05) is 0 Å². The van der Waals surface area contributed by atoms with Crippen LogP contribution in [0.15, 0.2) is 0 Å². The first-order chi connectivity index (χ1) is 9.25. The van der Waals surface area contributed by atoms with Crippen molar-refractivity contribution in [1.29, 1.82) is 0 Å². The van der Waals surface area contributed by atoms with Gasteiger partial charge in [0.2, 0.25) is 5.91 Å². The Hall–Kier alpha value is -0.610. The van der Waals surface area contributed by atoms with E-state index in [9.17, 15) is 4.79 Å². The van der Waals surface area contributed by atoms with Gasteiger partial charge in [0.25, 0.3) is 0 Å². The summed E-state index contributed by atoms with van der Waals surface area (Å²) in [5, 5.41) is 3.11. The Balaban J connectivity index is 1.61. The highest BCUT2D eigenvalue weighted by molar-refractivity contribution is 5.76. The molecule has 1 heterocycles. The number of carbonyl (C=O) groups excluding carboxylic acids is 1. The quantitative estimate of drug-likeness (QED) is 0.826. The van der Waals surface area contributed by atoms with E-state index < -0.39 is 0 Å². The Bertz CT molecular complexity index is 271. The summed E-state index contributed by atoms with van der Waals surface area (Å²) >= 11 is 0. The van der Waals surface area contributed by atoms with Gasteiger partial charge in [-0.15, -0.1) is 0 Å². The molecule has 0 spiro atoms. The summed E-state index contributed by atoms with van der Waals surface area (Å²) in [5.74, 6) is 0.874. The minimum atomic E-state index is 0.243. The predicted octanol–water partition coefficient (Wildman–Crippen LogP) is 1.79. The molecule has 0 aromatic rings. The van der Waals surface area contributed by atoms with Crippen LogP contribution < -0.4 is 5.32 Å². The van der Waals surface area contributed by atoms with Crippen molar-refractivity contribution in [3.63, 3.8) is 0 Å². The maximum Gasteiger partial charge on any atom is 0.220 e. The van der Waals surface area contributed by atoms with Gasteiger partial charge < -0.3 is 10.1 Å². The second-order valence-corrected chi connectivity index (χ2v) is 6.01. The first-order valence-corrected chi connectivity index (χ1v) is 7.84. The van der Waals surface area contributed by atoms with Crippen molar-refractivity contribution in [3.8, 4) is 0 Å². The van der Waals surface area contributed by atoms with Crippen LogP contribution in [0.3, 0.4) is 0 Å². The molecule has 1 N–H and O–H groups in total. The lowest BCUT2D eigenvalue weighted by molar-refractivity contribution is -0.122. The summed E-state index contributed by atoms with van der Waals surface area (Å²) in [5.41, 5.74) is 0. The molecule has 2 fully saturated rings. The Labute approximate surface area is 116 Å². The van der Waals surface area contributed by atoms with Crippen LogP contribution in [0.1, 0.15) is 45.4 Å². The minimum Gasteiger partial charge on any atom is -0.379 e. The van der Waals surface area contributed by atoms with Crippen LogP contribution in [-0.2, 0) is 9.53 Å². The number of nitrogens with one attached hydrogen (secondary N) is 1. The van der Waals surface area contributed by atoms with Crippen LogP contribution in [0.4, 0.5) is 0 Å². The van der Waals surface area contributed by atoms with Crippen molar-refractivity contribution in [2.24, 2.45) is 5.92 Å². The van der Waals surface area contributed by atoms with Gasteiger partial charge in [0.15, 0.2) is 0 Å². The number of amides is 1. The third-order valence-corrected chi connectivity index (χ3v) is 4.46. The maximum absolute atomic E-state index is 11.9.